The summed E-state index contributed by atoms with van der Waals surface area (Å²) in [6.07, 6.45) is 1.34. The third-order valence-corrected chi connectivity index (χ3v) is 3.80. The zero-order valence-electron chi connectivity index (χ0n) is 12.2. The fourth-order valence-electron chi connectivity index (χ4n) is 1.92. The topological polar surface area (TPSA) is 96.5 Å². The molecular formula is C15H12N6OS. The fraction of sp³-hybridized carbons (Fsp3) is 0.133. The predicted molar refractivity (Wildman–Crippen MR) is 85.7 cm³/mol. The number of nitriles is 1. The van der Waals surface area contributed by atoms with Crippen LogP contribution in [0.4, 0.5) is 5.13 Å². The van der Waals surface area contributed by atoms with E-state index in [4.69, 9.17) is 5.26 Å². The quantitative estimate of drug-likeness (QED) is 0.793. The van der Waals surface area contributed by atoms with Gasteiger partial charge in [-0.15, -0.1) is 16.4 Å². The summed E-state index contributed by atoms with van der Waals surface area (Å²) in [4.78, 5) is 20.1. The number of hydrogen-bond donors (Lipinski definition) is 1. The van der Waals surface area contributed by atoms with Crippen LogP contribution in [0.3, 0.4) is 0 Å². The lowest BCUT2D eigenvalue weighted by atomic mass is 10.1. The highest BCUT2D eigenvalue weighted by atomic mass is 32.1. The molecule has 0 aliphatic heterocycles. The lowest BCUT2D eigenvalue weighted by Gasteiger charge is -2.01. The molecule has 0 radical (unpaired) electrons. The molecule has 1 amide bonds. The third-order valence-electron chi connectivity index (χ3n) is 3.04. The van der Waals surface area contributed by atoms with Gasteiger partial charge in [-0.2, -0.15) is 5.26 Å². The van der Waals surface area contributed by atoms with Crippen LogP contribution in [-0.2, 0) is 11.3 Å². The number of thiazole rings is 1. The van der Waals surface area contributed by atoms with Gasteiger partial charge in [-0.1, -0.05) is 29.8 Å². The van der Waals surface area contributed by atoms with Gasteiger partial charge in [0.05, 0.1) is 5.69 Å². The van der Waals surface area contributed by atoms with Crippen molar-refractivity contribution < 1.29 is 4.79 Å². The molecule has 0 saturated carbocycles. The molecule has 114 valence electrons. The maximum absolute atomic E-state index is 12.0. The second-order valence-electron chi connectivity index (χ2n) is 4.83. The Morgan fingerprint density at radius 1 is 1.39 bits per heavy atom. The van der Waals surface area contributed by atoms with Gasteiger partial charge in [0.2, 0.25) is 5.91 Å². The number of nitrogens with one attached hydrogen (secondary N) is 1. The van der Waals surface area contributed by atoms with Crippen LogP contribution < -0.4 is 5.32 Å². The minimum absolute atomic E-state index is 0.0197. The summed E-state index contributed by atoms with van der Waals surface area (Å²) in [5, 5.41) is 17.6. The second kappa shape index (κ2) is 6.37. The number of aryl methyl sites for hydroxylation is 1. The zero-order valence-corrected chi connectivity index (χ0v) is 13.0. The Kier molecular flexibility index (Phi) is 4.12. The van der Waals surface area contributed by atoms with Crippen LogP contribution in [0.25, 0.3) is 11.3 Å². The minimum Gasteiger partial charge on any atom is -0.300 e. The molecule has 0 saturated heterocycles. The molecule has 0 aliphatic rings. The predicted octanol–water partition coefficient (Wildman–Crippen LogP) is 2.22. The van der Waals surface area contributed by atoms with Gasteiger partial charge >= 0.3 is 0 Å². The Labute approximate surface area is 136 Å². The number of anilines is 1. The molecule has 0 atom stereocenters. The zero-order chi connectivity index (χ0) is 16.2. The van der Waals surface area contributed by atoms with E-state index in [9.17, 15) is 4.79 Å². The molecular weight excluding hydrogens is 312 g/mol. The Hall–Kier alpha value is -3.05. The molecule has 8 heteroatoms. The smallest absolute Gasteiger partial charge is 0.252 e. The first kappa shape index (κ1) is 14.9. The van der Waals surface area contributed by atoms with E-state index in [1.165, 1.54) is 27.9 Å². The maximum Gasteiger partial charge on any atom is 0.252 e. The van der Waals surface area contributed by atoms with Crippen LogP contribution in [0.15, 0.2) is 36.0 Å². The number of benzene rings is 1. The highest BCUT2D eigenvalue weighted by molar-refractivity contribution is 7.14. The van der Waals surface area contributed by atoms with Crippen molar-refractivity contribution >= 4 is 22.4 Å². The summed E-state index contributed by atoms with van der Waals surface area (Å²) in [5.74, 6) is -0.238. The van der Waals surface area contributed by atoms with Crippen LogP contribution in [0.5, 0.6) is 0 Å². The Morgan fingerprint density at radius 3 is 2.87 bits per heavy atom. The summed E-state index contributed by atoms with van der Waals surface area (Å²) in [5.41, 5.74) is 3.00. The normalized spacial score (nSPS) is 10.3. The van der Waals surface area contributed by atoms with Gasteiger partial charge in [-0.3, -0.25) is 4.79 Å². The molecule has 3 aromatic rings. The van der Waals surface area contributed by atoms with Crippen molar-refractivity contribution in [2.24, 2.45) is 0 Å². The Morgan fingerprint density at radius 2 is 2.17 bits per heavy atom. The average Bonchev–Trinajstić information content (AvgIpc) is 3.17. The average molecular weight is 324 g/mol. The van der Waals surface area contributed by atoms with E-state index in [-0.39, 0.29) is 18.3 Å². The molecule has 2 aromatic heterocycles. The Balaban J connectivity index is 1.65. The second-order valence-corrected chi connectivity index (χ2v) is 5.69. The summed E-state index contributed by atoms with van der Waals surface area (Å²) in [6.45, 7) is 2.01. The number of carbonyl (C=O) groups excluding carboxylic acids is 1. The van der Waals surface area contributed by atoms with Crippen molar-refractivity contribution in [2.45, 2.75) is 13.5 Å². The molecule has 0 unspecified atom stereocenters. The van der Waals surface area contributed by atoms with E-state index in [1.54, 1.807) is 0 Å². The molecule has 1 aromatic carbocycles. The van der Waals surface area contributed by atoms with Gasteiger partial charge in [0.15, 0.2) is 5.13 Å². The van der Waals surface area contributed by atoms with Crippen LogP contribution in [0.1, 0.15) is 11.4 Å². The Bertz CT molecular complexity index is 874. The van der Waals surface area contributed by atoms with Crippen molar-refractivity contribution in [1.29, 1.82) is 5.26 Å². The fourth-order valence-corrected chi connectivity index (χ4v) is 2.65. The number of amides is 1. The van der Waals surface area contributed by atoms with Crippen LogP contribution in [0.2, 0.25) is 0 Å². The van der Waals surface area contributed by atoms with Crippen molar-refractivity contribution in [3.63, 3.8) is 0 Å². The van der Waals surface area contributed by atoms with Gasteiger partial charge in [0.25, 0.3) is 5.82 Å². The van der Waals surface area contributed by atoms with Gasteiger partial charge < -0.3 is 5.32 Å². The van der Waals surface area contributed by atoms with Gasteiger partial charge in [0.1, 0.15) is 18.9 Å². The van der Waals surface area contributed by atoms with E-state index in [2.05, 4.69) is 20.4 Å². The first-order valence-electron chi connectivity index (χ1n) is 6.76. The monoisotopic (exact) mass is 324 g/mol. The van der Waals surface area contributed by atoms with Crippen LogP contribution in [-0.4, -0.2) is 25.7 Å². The van der Waals surface area contributed by atoms with Gasteiger partial charge in [0, 0.05) is 10.9 Å². The van der Waals surface area contributed by atoms with Crippen molar-refractivity contribution in [2.75, 3.05) is 5.32 Å². The van der Waals surface area contributed by atoms with E-state index in [1.807, 2.05) is 42.6 Å². The number of carbonyl (C=O) groups is 1. The molecule has 23 heavy (non-hydrogen) atoms. The largest absolute Gasteiger partial charge is 0.300 e. The highest BCUT2D eigenvalue weighted by Crippen LogP contribution is 2.25. The molecule has 0 spiro atoms. The summed E-state index contributed by atoms with van der Waals surface area (Å²) < 4.78 is 1.31. The van der Waals surface area contributed by atoms with Crippen molar-refractivity contribution in [3.05, 3.63) is 47.4 Å². The number of rotatable bonds is 4. The van der Waals surface area contributed by atoms with E-state index < -0.39 is 0 Å². The van der Waals surface area contributed by atoms with Crippen molar-refractivity contribution in [3.8, 4) is 17.3 Å². The lowest BCUT2D eigenvalue weighted by Crippen LogP contribution is -2.19. The lowest BCUT2D eigenvalue weighted by molar-refractivity contribution is -0.116. The molecule has 0 aliphatic carbocycles. The van der Waals surface area contributed by atoms with Gasteiger partial charge in [-0.05, 0) is 6.92 Å². The number of hydrogen-bond acceptors (Lipinski definition) is 6. The summed E-state index contributed by atoms with van der Waals surface area (Å²) in [6, 6.07) is 9.84. The van der Waals surface area contributed by atoms with E-state index in [0.29, 0.717) is 5.13 Å². The molecule has 0 bridgehead atoms. The van der Waals surface area contributed by atoms with Crippen LogP contribution in [0, 0.1) is 18.3 Å². The van der Waals surface area contributed by atoms with Crippen LogP contribution >= 0.6 is 11.3 Å². The van der Waals surface area contributed by atoms with E-state index in [0.717, 1.165) is 11.3 Å². The summed E-state index contributed by atoms with van der Waals surface area (Å²) in [7, 11) is 0. The van der Waals surface area contributed by atoms with Crippen molar-refractivity contribution in [1.82, 2.24) is 19.7 Å². The highest BCUT2D eigenvalue weighted by Gasteiger charge is 2.10. The minimum atomic E-state index is -0.274. The number of aromatic nitrogens is 4. The number of nitrogens with zero attached hydrogens (tertiary/aromatic N) is 5. The van der Waals surface area contributed by atoms with Gasteiger partial charge in [-0.25, -0.2) is 14.6 Å². The molecule has 3 rings (SSSR count). The SMILES string of the molecule is Cc1ccc(-c2csc(NC(=O)Cn3cnc(C#N)n3)n2)cc1. The molecule has 1 N–H and O–H groups in total. The molecule has 2 heterocycles. The third kappa shape index (κ3) is 3.59. The molecule has 0 fully saturated rings. The molecule has 7 nitrogen and oxygen atoms in total. The maximum atomic E-state index is 12.0. The summed E-state index contributed by atoms with van der Waals surface area (Å²) >= 11 is 1.36. The first-order valence-corrected chi connectivity index (χ1v) is 7.64. The van der Waals surface area contributed by atoms with E-state index >= 15 is 0 Å². The first-order chi connectivity index (χ1) is 11.1. The standard InChI is InChI=1S/C15H12N6OS/c1-10-2-4-11(5-3-10)12-8-23-15(18-12)19-14(22)7-21-9-17-13(6-16)20-21/h2-5,8-9H,7H2,1H3,(H,18,19,22).